The highest BCUT2D eigenvalue weighted by Crippen LogP contribution is 2.15. The van der Waals surface area contributed by atoms with Crippen LogP contribution in [0, 0.1) is 5.92 Å². The Morgan fingerprint density at radius 3 is 2.68 bits per heavy atom. The molecule has 0 bridgehead atoms. The summed E-state index contributed by atoms with van der Waals surface area (Å²) in [7, 11) is 0. The number of ketones is 1. The molecule has 0 aliphatic rings. The van der Waals surface area contributed by atoms with E-state index < -0.39 is 0 Å². The molecule has 4 heteroatoms. The lowest BCUT2D eigenvalue weighted by molar-refractivity contribution is -0.118. The van der Waals surface area contributed by atoms with Gasteiger partial charge in [-0.3, -0.25) is 9.48 Å². The molecule has 1 rings (SSSR count). The molecule has 4 nitrogen and oxygen atoms in total. The maximum Gasteiger partial charge on any atom is 0.138 e. The molecule has 1 unspecified atom stereocenters. The maximum atomic E-state index is 11.9. The Hall–Kier alpha value is -1.16. The van der Waals surface area contributed by atoms with Crippen LogP contribution in [0.2, 0.25) is 0 Å². The van der Waals surface area contributed by atoms with Crippen LogP contribution in [0.15, 0.2) is 12.3 Å². The number of aromatic nitrogens is 2. The van der Waals surface area contributed by atoms with Crippen molar-refractivity contribution in [3.8, 4) is 0 Å². The predicted molar refractivity (Wildman–Crippen MR) is 78.0 cm³/mol. The van der Waals surface area contributed by atoms with E-state index in [4.69, 9.17) is 5.73 Å². The molecule has 0 aliphatic carbocycles. The fourth-order valence-electron chi connectivity index (χ4n) is 2.15. The van der Waals surface area contributed by atoms with Crippen LogP contribution >= 0.6 is 0 Å². The zero-order valence-electron chi connectivity index (χ0n) is 12.4. The molecule has 1 atom stereocenters. The van der Waals surface area contributed by atoms with Crippen LogP contribution in [0.3, 0.4) is 0 Å². The van der Waals surface area contributed by atoms with Crippen LogP contribution in [0.25, 0.3) is 0 Å². The van der Waals surface area contributed by atoms with Gasteiger partial charge in [0.1, 0.15) is 5.78 Å². The molecule has 0 aromatic carbocycles. The molecular formula is C15H27N3O. The van der Waals surface area contributed by atoms with Crippen LogP contribution in [0.4, 0.5) is 0 Å². The molecule has 0 saturated heterocycles. The summed E-state index contributed by atoms with van der Waals surface area (Å²) < 4.78 is 1.99. The number of rotatable bonds is 9. The van der Waals surface area contributed by atoms with Crippen LogP contribution in [0.5, 0.6) is 0 Å². The van der Waals surface area contributed by atoms with Gasteiger partial charge < -0.3 is 5.73 Å². The van der Waals surface area contributed by atoms with E-state index >= 15 is 0 Å². The van der Waals surface area contributed by atoms with E-state index in [-0.39, 0.29) is 5.78 Å². The van der Waals surface area contributed by atoms with Crippen molar-refractivity contribution in [2.24, 2.45) is 11.7 Å². The average Bonchev–Trinajstić information content (AvgIpc) is 2.85. The Morgan fingerprint density at radius 1 is 1.42 bits per heavy atom. The monoisotopic (exact) mass is 265 g/mol. The number of nitrogens with zero attached hydrogens (tertiary/aromatic N) is 2. The highest BCUT2D eigenvalue weighted by Gasteiger charge is 2.11. The third-order valence-corrected chi connectivity index (χ3v) is 3.68. The van der Waals surface area contributed by atoms with E-state index in [9.17, 15) is 4.79 Å². The fourth-order valence-corrected chi connectivity index (χ4v) is 2.15. The molecule has 0 radical (unpaired) electrons. The topological polar surface area (TPSA) is 60.9 Å². The summed E-state index contributed by atoms with van der Waals surface area (Å²) in [6, 6.07) is 2.41. The van der Waals surface area contributed by atoms with Crippen LogP contribution in [0.1, 0.15) is 58.2 Å². The van der Waals surface area contributed by atoms with E-state index in [1.54, 1.807) is 0 Å². The van der Waals surface area contributed by atoms with Gasteiger partial charge in [0.15, 0.2) is 0 Å². The predicted octanol–water partition coefficient (Wildman–Crippen LogP) is 2.73. The first-order chi connectivity index (χ1) is 9.10. The molecule has 108 valence electrons. The number of carbonyl (C=O) groups excluding carboxylic acids is 1. The highest BCUT2D eigenvalue weighted by atomic mass is 16.1. The van der Waals surface area contributed by atoms with Crippen molar-refractivity contribution in [2.75, 3.05) is 6.54 Å². The second kappa shape index (κ2) is 8.10. The molecule has 1 heterocycles. The van der Waals surface area contributed by atoms with Crippen molar-refractivity contribution < 1.29 is 4.79 Å². The van der Waals surface area contributed by atoms with E-state index in [1.165, 1.54) is 0 Å². The third-order valence-electron chi connectivity index (χ3n) is 3.68. The Kier molecular flexibility index (Phi) is 6.78. The van der Waals surface area contributed by atoms with Gasteiger partial charge in [0.2, 0.25) is 0 Å². The summed E-state index contributed by atoms with van der Waals surface area (Å²) in [6.45, 7) is 7.05. The lowest BCUT2D eigenvalue weighted by Crippen LogP contribution is -2.13. The number of carbonyl (C=O) groups is 1. The number of nitrogens with two attached hydrogens (primary N) is 1. The first-order valence-corrected chi connectivity index (χ1v) is 7.36. The fraction of sp³-hybridized carbons (Fsp3) is 0.733. The summed E-state index contributed by atoms with van der Waals surface area (Å²) >= 11 is 0. The summed E-state index contributed by atoms with van der Waals surface area (Å²) in [6.07, 6.45) is 6.06. The van der Waals surface area contributed by atoms with Crippen molar-refractivity contribution in [3.63, 3.8) is 0 Å². The zero-order valence-corrected chi connectivity index (χ0v) is 12.4. The van der Waals surface area contributed by atoms with Crippen LogP contribution < -0.4 is 5.73 Å². The van der Waals surface area contributed by atoms with Gasteiger partial charge in [0, 0.05) is 12.6 Å². The van der Waals surface area contributed by atoms with Crippen molar-refractivity contribution in [2.45, 2.75) is 58.9 Å². The Morgan fingerprint density at radius 2 is 2.11 bits per heavy atom. The van der Waals surface area contributed by atoms with Crippen molar-refractivity contribution in [3.05, 3.63) is 18.0 Å². The second-order valence-electron chi connectivity index (χ2n) is 5.35. The molecular weight excluding hydrogens is 238 g/mol. The number of hydrogen-bond acceptors (Lipinski definition) is 3. The summed E-state index contributed by atoms with van der Waals surface area (Å²) in [5.74, 6) is 0.682. The maximum absolute atomic E-state index is 11.9. The molecule has 0 saturated carbocycles. The zero-order chi connectivity index (χ0) is 14.3. The normalized spacial score (nSPS) is 12.9. The van der Waals surface area contributed by atoms with Gasteiger partial charge >= 0.3 is 0 Å². The molecule has 0 fully saturated rings. The minimum atomic E-state index is 0.259. The Labute approximate surface area is 116 Å². The van der Waals surface area contributed by atoms with Gasteiger partial charge in [-0.2, -0.15) is 5.10 Å². The lowest BCUT2D eigenvalue weighted by atomic mass is 10.0. The largest absolute Gasteiger partial charge is 0.330 e. The second-order valence-corrected chi connectivity index (χ2v) is 5.35. The van der Waals surface area contributed by atoms with Crippen molar-refractivity contribution >= 4 is 5.78 Å². The van der Waals surface area contributed by atoms with E-state index in [2.05, 4.69) is 25.9 Å². The van der Waals surface area contributed by atoms with Gasteiger partial charge in [-0.1, -0.05) is 20.8 Å². The summed E-state index contributed by atoms with van der Waals surface area (Å²) in [5, 5.41) is 4.51. The first kappa shape index (κ1) is 15.9. The number of Topliss-reactive ketones (excluding diaryl/α,β-unsaturated/α-hetero) is 1. The molecule has 1 aromatic heterocycles. The molecule has 1 aromatic rings. The van der Waals surface area contributed by atoms with E-state index in [1.807, 2.05) is 16.9 Å². The summed E-state index contributed by atoms with van der Waals surface area (Å²) in [4.78, 5) is 11.9. The highest BCUT2D eigenvalue weighted by molar-refractivity contribution is 5.80. The molecule has 0 aliphatic heterocycles. The summed E-state index contributed by atoms with van der Waals surface area (Å²) in [5.41, 5.74) is 6.44. The Bertz CT molecular complexity index is 382. The van der Waals surface area contributed by atoms with Gasteiger partial charge in [-0.25, -0.2) is 0 Å². The molecule has 19 heavy (non-hydrogen) atoms. The SMILES string of the molecule is CCC(CC)n1ccc(CC(=O)CCC(C)CN)n1. The van der Waals surface area contributed by atoms with Gasteiger partial charge in [-0.05, 0) is 37.8 Å². The van der Waals surface area contributed by atoms with Gasteiger partial charge in [-0.15, -0.1) is 0 Å². The van der Waals surface area contributed by atoms with Gasteiger partial charge in [0.25, 0.3) is 0 Å². The smallest absolute Gasteiger partial charge is 0.138 e. The number of hydrogen-bond donors (Lipinski definition) is 1. The first-order valence-electron chi connectivity index (χ1n) is 7.36. The third kappa shape index (κ3) is 5.15. The minimum absolute atomic E-state index is 0.259. The average molecular weight is 265 g/mol. The molecule has 0 amide bonds. The van der Waals surface area contributed by atoms with E-state index in [0.29, 0.717) is 31.3 Å². The van der Waals surface area contributed by atoms with Crippen LogP contribution in [-0.4, -0.2) is 22.1 Å². The molecule has 0 spiro atoms. The lowest BCUT2D eigenvalue weighted by Gasteiger charge is -2.12. The van der Waals surface area contributed by atoms with Crippen molar-refractivity contribution in [1.29, 1.82) is 0 Å². The standard InChI is InChI=1S/C15H27N3O/c1-4-14(5-2)18-9-8-13(17-18)10-15(19)7-6-12(3)11-16/h8-9,12,14H,4-7,10-11,16H2,1-3H3. The Balaban J connectivity index is 2.47. The van der Waals surface area contributed by atoms with Crippen molar-refractivity contribution in [1.82, 2.24) is 9.78 Å². The quantitative estimate of drug-likeness (QED) is 0.746. The van der Waals surface area contributed by atoms with E-state index in [0.717, 1.165) is 25.0 Å². The van der Waals surface area contributed by atoms with Crippen LogP contribution in [-0.2, 0) is 11.2 Å². The minimum Gasteiger partial charge on any atom is -0.330 e. The molecule has 2 N–H and O–H groups in total. The van der Waals surface area contributed by atoms with Gasteiger partial charge in [0.05, 0.1) is 18.2 Å².